The lowest BCUT2D eigenvalue weighted by Crippen LogP contribution is -1.24. The van der Waals surface area contributed by atoms with Crippen LogP contribution in [0.5, 0.6) is 0 Å². The predicted octanol–water partition coefficient (Wildman–Crippen LogP) is 1.61. The van der Waals surface area contributed by atoms with Crippen LogP contribution in [0.15, 0.2) is 25.8 Å². The zero-order valence-corrected chi connectivity index (χ0v) is 3.78. The normalized spacial score (nSPS) is 3.17. The Morgan fingerprint density at radius 2 is 1.67 bits per heavy atom. The van der Waals surface area contributed by atoms with Gasteiger partial charge in [0.1, 0.15) is 0 Å². The lowest BCUT2D eigenvalue weighted by Gasteiger charge is -1.38. The minimum Gasteiger partial charge on any atom is -0.115 e. The summed E-state index contributed by atoms with van der Waals surface area (Å²) in [6, 6.07) is 0. The molecule has 0 heterocycles. The Labute approximate surface area is 39.2 Å². The van der Waals surface area contributed by atoms with Crippen molar-refractivity contribution in [3.05, 3.63) is 25.8 Å². The van der Waals surface area contributed by atoms with E-state index in [9.17, 15) is 0 Å². The molecule has 0 aliphatic rings. The second kappa shape index (κ2) is 34.5. The highest BCUT2D eigenvalue weighted by Crippen LogP contribution is 1.41. The van der Waals surface area contributed by atoms with Crippen LogP contribution in [0.3, 0.4) is 0 Å². The molecule has 0 aliphatic carbocycles. The Morgan fingerprint density at radius 3 is 1.67 bits per heavy atom. The van der Waals surface area contributed by atoms with Gasteiger partial charge in [-0.15, -0.1) is 19.6 Å². The Balaban J connectivity index is 0. The first-order chi connectivity index (χ1) is 2.91. The molecule has 0 rings (SSSR count). The standard InChI is InChI=1S/C4H4.C2H4/c1-3-4-2;1-2/h1,4H,2H2;1-2H2. The van der Waals surface area contributed by atoms with Crippen LogP contribution < -0.4 is 0 Å². The first-order valence-electron chi connectivity index (χ1n) is 1.49. The number of hydrogen-bond acceptors (Lipinski definition) is 0. The maximum absolute atomic E-state index is 4.66. The molecule has 0 aliphatic heterocycles. The average molecular weight is 80.1 g/mol. The number of allylic oxidation sites excluding steroid dienone is 1. The van der Waals surface area contributed by atoms with Crippen molar-refractivity contribution in [3.63, 3.8) is 0 Å². The van der Waals surface area contributed by atoms with Crippen molar-refractivity contribution >= 4 is 0 Å². The van der Waals surface area contributed by atoms with Gasteiger partial charge in [0.2, 0.25) is 0 Å². The minimum atomic E-state index is 1.40. The van der Waals surface area contributed by atoms with Crippen LogP contribution in [0.2, 0.25) is 0 Å². The van der Waals surface area contributed by atoms with E-state index >= 15 is 0 Å². The number of hydrogen-bond donors (Lipinski definition) is 0. The van der Waals surface area contributed by atoms with Crippen LogP contribution in [-0.4, -0.2) is 0 Å². The van der Waals surface area contributed by atoms with Crippen molar-refractivity contribution in [1.82, 2.24) is 0 Å². The van der Waals surface area contributed by atoms with Gasteiger partial charge in [0.05, 0.1) is 0 Å². The SMILES string of the molecule is C#CC=C.C=C. The monoisotopic (exact) mass is 80.1 g/mol. The maximum atomic E-state index is 4.66. The van der Waals surface area contributed by atoms with E-state index in [2.05, 4.69) is 32.1 Å². The van der Waals surface area contributed by atoms with Gasteiger partial charge in [-0.05, 0) is 6.08 Å². The van der Waals surface area contributed by atoms with E-state index in [0.29, 0.717) is 0 Å². The van der Waals surface area contributed by atoms with Gasteiger partial charge >= 0.3 is 0 Å². The highest BCUT2D eigenvalue weighted by atomic mass is 13.3. The summed E-state index contributed by atoms with van der Waals surface area (Å²) in [7, 11) is 0. The third-order valence-corrected chi connectivity index (χ3v) is 0.118. The molecule has 6 heavy (non-hydrogen) atoms. The molecule has 0 bridgehead atoms. The largest absolute Gasteiger partial charge is 0.115 e. The molecule has 0 saturated heterocycles. The number of terminal acetylenes is 1. The summed E-state index contributed by atoms with van der Waals surface area (Å²) >= 11 is 0. The molecule has 0 fully saturated rings. The Morgan fingerprint density at radius 1 is 1.50 bits per heavy atom. The lowest BCUT2D eigenvalue weighted by atomic mass is 10.7. The van der Waals surface area contributed by atoms with Gasteiger partial charge in [0.25, 0.3) is 0 Å². The van der Waals surface area contributed by atoms with Crippen molar-refractivity contribution in [2.75, 3.05) is 0 Å². The van der Waals surface area contributed by atoms with E-state index in [-0.39, 0.29) is 0 Å². The van der Waals surface area contributed by atoms with Gasteiger partial charge in [-0.2, -0.15) is 0 Å². The highest BCUT2D eigenvalue weighted by molar-refractivity contribution is 5.03. The van der Waals surface area contributed by atoms with Crippen molar-refractivity contribution in [3.8, 4) is 12.3 Å². The van der Waals surface area contributed by atoms with Crippen molar-refractivity contribution < 1.29 is 0 Å². The van der Waals surface area contributed by atoms with E-state index in [1.54, 1.807) is 0 Å². The summed E-state index contributed by atoms with van der Waals surface area (Å²) in [4.78, 5) is 0. The van der Waals surface area contributed by atoms with Crippen molar-refractivity contribution in [1.29, 1.82) is 0 Å². The maximum Gasteiger partial charge on any atom is -0.0194 e. The molecule has 0 nitrogen and oxygen atoms in total. The molecule has 0 radical (unpaired) electrons. The fourth-order valence-corrected chi connectivity index (χ4v) is 0. The zero-order chi connectivity index (χ0) is 5.41. The lowest BCUT2D eigenvalue weighted by molar-refractivity contribution is 2.34. The second-order valence-electron chi connectivity index (χ2n) is 0.371. The molecule has 32 valence electrons. The van der Waals surface area contributed by atoms with Crippen LogP contribution in [0.1, 0.15) is 0 Å². The third kappa shape index (κ3) is 7910. The fraction of sp³-hybridized carbons (Fsp3) is 0. The summed E-state index contributed by atoms with van der Waals surface area (Å²) in [5, 5.41) is 0. The molecule has 0 aromatic carbocycles. The molecular formula is C6H8. The summed E-state index contributed by atoms with van der Waals surface area (Å²) in [6.07, 6.45) is 6.06. The Kier molecular flexibility index (Phi) is 51.2. The molecular weight excluding hydrogens is 72.1 g/mol. The van der Waals surface area contributed by atoms with Crippen LogP contribution >= 0.6 is 0 Å². The summed E-state index contributed by atoms with van der Waals surface area (Å²) in [6.45, 7) is 9.24. The Hall–Kier alpha value is -0.960. The van der Waals surface area contributed by atoms with Gasteiger partial charge in [-0.3, -0.25) is 0 Å². The van der Waals surface area contributed by atoms with Gasteiger partial charge in [0, 0.05) is 0 Å². The van der Waals surface area contributed by atoms with Gasteiger partial charge < -0.3 is 0 Å². The van der Waals surface area contributed by atoms with Crippen LogP contribution in [0.25, 0.3) is 0 Å². The van der Waals surface area contributed by atoms with Crippen LogP contribution in [-0.2, 0) is 0 Å². The van der Waals surface area contributed by atoms with Gasteiger partial charge in [0.15, 0.2) is 0 Å². The fourth-order valence-electron chi connectivity index (χ4n) is 0. The molecule has 0 N–H and O–H groups in total. The van der Waals surface area contributed by atoms with E-state index in [4.69, 9.17) is 0 Å². The second-order valence-corrected chi connectivity index (χ2v) is 0.371. The quantitative estimate of drug-likeness (QED) is 0.306. The smallest absolute Gasteiger partial charge is 0.0194 e. The van der Waals surface area contributed by atoms with E-state index in [1.165, 1.54) is 6.08 Å². The average Bonchev–Trinajstić information content (AvgIpc) is 1.72. The summed E-state index contributed by atoms with van der Waals surface area (Å²) in [5.74, 6) is 2.19. The molecule has 0 aromatic heterocycles. The van der Waals surface area contributed by atoms with Gasteiger partial charge in [-0.1, -0.05) is 12.5 Å². The topological polar surface area (TPSA) is 0 Å². The first kappa shape index (κ1) is 8.90. The highest BCUT2D eigenvalue weighted by Gasteiger charge is 1.26. The Bertz CT molecular complexity index is 54.9. The summed E-state index contributed by atoms with van der Waals surface area (Å²) < 4.78 is 0. The molecule has 0 aromatic rings. The number of rotatable bonds is 0. The predicted molar refractivity (Wildman–Crippen MR) is 30.3 cm³/mol. The molecule has 0 saturated carbocycles. The van der Waals surface area contributed by atoms with Crippen molar-refractivity contribution in [2.45, 2.75) is 0 Å². The molecule has 0 amide bonds. The van der Waals surface area contributed by atoms with Crippen LogP contribution in [0.4, 0.5) is 0 Å². The molecule has 0 spiro atoms. The minimum absolute atomic E-state index is 1.40. The van der Waals surface area contributed by atoms with Crippen molar-refractivity contribution in [2.24, 2.45) is 0 Å². The zero-order valence-electron chi connectivity index (χ0n) is 3.78. The van der Waals surface area contributed by atoms with E-state index in [0.717, 1.165) is 0 Å². The first-order valence-corrected chi connectivity index (χ1v) is 1.49. The van der Waals surface area contributed by atoms with E-state index in [1.807, 2.05) is 0 Å². The molecule has 0 atom stereocenters. The third-order valence-electron chi connectivity index (χ3n) is 0.118. The van der Waals surface area contributed by atoms with Crippen LogP contribution in [0, 0.1) is 12.3 Å². The molecule has 0 heteroatoms. The van der Waals surface area contributed by atoms with Gasteiger partial charge in [-0.25, -0.2) is 0 Å². The molecule has 0 unspecified atom stereocenters. The summed E-state index contributed by atoms with van der Waals surface area (Å²) in [5.41, 5.74) is 0. The van der Waals surface area contributed by atoms with E-state index < -0.39 is 0 Å².